The van der Waals surface area contributed by atoms with Crippen LogP contribution in [0.3, 0.4) is 0 Å². The fraction of sp³-hybridized carbons (Fsp3) is 0.318. The van der Waals surface area contributed by atoms with E-state index in [0.29, 0.717) is 37.9 Å². The van der Waals surface area contributed by atoms with E-state index in [0.717, 1.165) is 22.8 Å². The molecule has 4 rings (SSSR count). The number of furan rings is 1. The lowest BCUT2D eigenvalue weighted by Gasteiger charge is -2.35. The summed E-state index contributed by atoms with van der Waals surface area (Å²) in [4.78, 5) is 25.7. The van der Waals surface area contributed by atoms with E-state index in [-0.39, 0.29) is 5.91 Å². The number of nitrogens with zero attached hydrogens (tertiary/aromatic N) is 4. The van der Waals surface area contributed by atoms with E-state index in [1.54, 1.807) is 12.1 Å². The molecular formula is C22H25N5O2. The first-order valence-corrected chi connectivity index (χ1v) is 9.77. The van der Waals surface area contributed by atoms with E-state index in [4.69, 9.17) is 9.40 Å². The molecule has 0 saturated carbocycles. The summed E-state index contributed by atoms with van der Waals surface area (Å²) in [6, 6.07) is 11.7. The highest BCUT2D eigenvalue weighted by molar-refractivity contribution is 5.91. The molecule has 1 aliphatic heterocycles. The maximum atomic E-state index is 12.5. The number of hydrogen-bond acceptors (Lipinski definition) is 6. The van der Waals surface area contributed by atoms with Gasteiger partial charge in [-0.1, -0.05) is 12.1 Å². The van der Waals surface area contributed by atoms with Crippen molar-refractivity contribution in [2.24, 2.45) is 0 Å². The minimum Gasteiger partial charge on any atom is -0.459 e. The molecule has 7 nitrogen and oxygen atoms in total. The Morgan fingerprint density at radius 1 is 1.03 bits per heavy atom. The summed E-state index contributed by atoms with van der Waals surface area (Å²) in [6.07, 6.45) is 1.53. The summed E-state index contributed by atoms with van der Waals surface area (Å²) in [5.74, 6) is 1.78. The molecule has 0 atom stereocenters. The topological polar surface area (TPSA) is 74.5 Å². The zero-order valence-corrected chi connectivity index (χ0v) is 17.0. The number of carbonyl (C=O) groups is 1. The maximum absolute atomic E-state index is 12.5. The van der Waals surface area contributed by atoms with Crippen molar-refractivity contribution < 1.29 is 9.21 Å². The summed E-state index contributed by atoms with van der Waals surface area (Å²) in [5.41, 5.74) is 4.24. The molecule has 3 heterocycles. The zero-order chi connectivity index (χ0) is 20.4. The fourth-order valence-electron chi connectivity index (χ4n) is 3.46. The molecule has 1 N–H and O–H groups in total. The van der Waals surface area contributed by atoms with Gasteiger partial charge in [-0.3, -0.25) is 4.79 Å². The van der Waals surface area contributed by atoms with Gasteiger partial charge in [0.05, 0.1) is 6.26 Å². The number of anilines is 3. The van der Waals surface area contributed by atoms with Gasteiger partial charge in [0.2, 0.25) is 5.95 Å². The van der Waals surface area contributed by atoms with Crippen molar-refractivity contribution in [1.82, 2.24) is 14.9 Å². The molecular weight excluding hydrogens is 366 g/mol. The number of nitrogens with one attached hydrogen (secondary N) is 1. The lowest BCUT2D eigenvalue weighted by Crippen LogP contribution is -2.49. The maximum Gasteiger partial charge on any atom is 0.289 e. The first-order valence-electron chi connectivity index (χ1n) is 9.77. The highest BCUT2D eigenvalue weighted by Crippen LogP contribution is 2.23. The molecule has 1 fully saturated rings. The number of piperazine rings is 1. The summed E-state index contributed by atoms with van der Waals surface area (Å²) in [6.45, 7) is 8.78. The van der Waals surface area contributed by atoms with Gasteiger partial charge in [0.15, 0.2) is 5.76 Å². The van der Waals surface area contributed by atoms with Crippen LogP contribution in [0.15, 0.2) is 47.1 Å². The molecule has 1 amide bonds. The third-order valence-electron chi connectivity index (χ3n) is 5.10. The smallest absolute Gasteiger partial charge is 0.289 e. The second-order valence-electron chi connectivity index (χ2n) is 7.39. The van der Waals surface area contributed by atoms with Gasteiger partial charge in [-0.25, -0.2) is 4.98 Å². The Morgan fingerprint density at radius 2 is 1.83 bits per heavy atom. The van der Waals surface area contributed by atoms with Crippen molar-refractivity contribution in [3.8, 4) is 0 Å². The lowest BCUT2D eigenvalue weighted by molar-refractivity contribution is 0.0714. The first kappa shape index (κ1) is 19.0. The molecule has 0 radical (unpaired) electrons. The van der Waals surface area contributed by atoms with E-state index in [1.165, 1.54) is 11.8 Å². The van der Waals surface area contributed by atoms with Crippen LogP contribution in [-0.4, -0.2) is 47.0 Å². The third-order valence-corrected chi connectivity index (χ3v) is 5.10. The molecule has 0 bridgehead atoms. The average molecular weight is 391 g/mol. The highest BCUT2D eigenvalue weighted by atomic mass is 16.3. The summed E-state index contributed by atoms with van der Waals surface area (Å²) in [7, 11) is 0. The first-order chi connectivity index (χ1) is 14.0. The van der Waals surface area contributed by atoms with Crippen molar-refractivity contribution in [1.29, 1.82) is 0 Å². The Hall–Kier alpha value is -3.35. The third kappa shape index (κ3) is 4.23. The normalized spacial score (nSPS) is 14.2. The van der Waals surface area contributed by atoms with E-state index in [9.17, 15) is 4.79 Å². The van der Waals surface area contributed by atoms with Gasteiger partial charge in [0.25, 0.3) is 5.91 Å². The Kier molecular flexibility index (Phi) is 5.20. The number of hydrogen-bond donors (Lipinski definition) is 1. The van der Waals surface area contributed by atoms with Crippen molar-refractivity contribution in [2.75, 3.05) is 36.4 Å². The van der Waals surface area contributed by atoms with Crippen LogP contribution in [0.4, 0.5) is 17.5 Å². The Bertz CT molecular complexity index is 1010. The van der Waals surface area contributed by atoms with Gasteiger partial charge in [0.1, 0.15) is 5.82 Å². The Morgan fingerprint density at radius 3 is 2.55 bits per heavy atom. The molecule has 1 aromatic carbocycles. The van der Waals surface area contributed by atoms with Crippen molar-refractivity contribution in [2.45, 2.75) is 20.8 Å². The number of benzene rings is 1. The van der Waals surface area contributed by atoms with Crippen LogP contribution in [0.1, 0.15) is 27.4 Å². The van der Waals surface area contributed by atoms with Gasteiger partial charge < -0.3 is 19.5 Å². The molecule has 1 aliphatic rings. The number of carbonyl (C=O) groups excluding carboxylic acids is 1. The monoisotopic (exact) mass is 391 g/mol. The van der Waals surface area contributed by atoms with Crippen LogP contribution >= 0.6 is 0 Å². The number of amides is 1. The minimum absolute atomic E-state index is 0.0641. The molecule has 29 heavy (non-hydrogen) atoms. The van der Waals surface area contributed by atoms with Gasteiger partial charge in [-0.05, 0) is 50.1 Å². The van der Waals surface area contributed by atoms with Crippen LogP contribution in [0.25, 0.3) is 0 Å². The molecule has 7 heteroatoms. The van der Waals surface area contributed by atoms with E-state index in [1.807, 2.05) is 17.9 Å². The summed E-state index contributed by atoms with van der Waals surface area (Å²) in [5, 5.41) is 3.35. The quantitative estimate of drug-likeness (QED) is 0.731. The Labute approximate surface area is 170 Å². The van der Waals surface area contributed by atoms with Crippen LogP contribution in [0, 0.1) is 20.8 Å². The number of aromatic nitrogens is 2. The molecule has 150 valence electrons. The Balaban J connectivity index is 1.47. The van der Waals surface area contributed by atoms with Gasteiger partial charge in [-0.2, -0.15) is 4.98 Å². The molecule has 0 spiro atoms. The largest absolute Gasteiger partial charge is 0.459 e. The van der Waals surface area contributed by atoms with Gasteiger partial charge in [0, 0.05) is 43.6 Å². The van der Waals surface area contributed by atoms with E-state index >= 15 is 0 Å². The second-order valence-corrected chi connectivity index (χ2v) is 7.39. The van der Waals surface area contributed by atoms with Crippen molar-refractivity contribution in [3.05, 3.63) is 65.2 Å². The van der Waals surface area contributed by atoms with Crippen LogP contribution in [0.2, 0.25) is 0 Å². The molecule has 3 aromatic rings. The molecule has 1 saturated heterocycles. The van der Waals surface area contributed by atoms with Crippen molar-refractivity contribution >= 4 is 23.4 Å². The summed E-state index contributed by atoms with van der Waals surface area (Å²) >= 11 is 0. The predicted octanol–water partition coefficient (Wildman–Crippen LogP) is 3.70. The van der Waals surface area contributed by atoms with Gasteiger partial charge >= 0.3 is 0 Å². The van der Waals surface area contributed by atoms with E-state index in [2.05, 4.69) is 47.2 Å². The molecule has 0 unspecified atom stereocenters. The van der Waals surface area contributed by atoms with Crippen LogP contribution < -0.4 is 10.2 Å². The molecule has 2 aromatic heterocycles. The van der Waals surface area contributed by atoms with Crippen LogP contribution in [0.5, 0.6) is 0 Å². The standard InChI is InChI=1S/C22H25N5O2/c1-15-6-7-16(2)18(13-15)24-22-23-17(3)14-20(25-22)26-8-10-27(11-9-26)21(28)19-5-4-12-29-19/h4-7,12-14H,8-11H2,1-3H3,(H,23,24,25). The zero-order valence-electron chi connectivity index (χ0n) is 17.0. The lowest BCUT2D eigenvalue weighted by atomic mass is 10.1. The molecule has 0 aliphatic carbocycles. The van der Waals surface area contributed by atoms with Crippen molar-refractivity contribution in [3.63, 3.8) is 0 Å². The fourth-order valence-corrected chi connectivity index (χ4v) is 3.46. The number of aryl methyl sites for hydroxylation is 3. The predicted molar refractivity (Wildman–Crippen MR) is 113 cm³/mol. The van der Waals surface area contributed by atoms with Crippen LogP contribution in [-0.2, 0) is 0 Å². The SMILES string of the molecule is Cc1ccc(C)c(Nc2nc(C)cc(N3CCN(C(=O)c4ccco4)CC3)n2)c1. The number of rotatable bonds is 4. The van der Waals surface area contributed by atoms with E-state index < -0.39 is 0 Å². The second kappa shape index (κ2) is 7.95. The minimum atomic E-state index is -0.0641. The highest BCUT2D eigenvalue weighted by Gasteiger charge is 2.24. The van der Waals surface area contributed by atoms with Gasteiger partial charge in [-0.15, -0.1) is 0 Å². The summed E-state index contributed by atoms with van der Waals surface area (Å²) < 4.78 is 5.23. The average Bonchev–Trinajstić information content (AvgIpc) is 3.25.